The summed E-state index contributed by atoms with van der Waals surface area (Å²) < 4.78 is 7.42. The Morgan fingerprint density at radius 1 is 0.872 bits per heavy atom. The molecule has 9 nitrogen and oxygen atoms in total. The number of methoxy groups -OCH3 is 1. The van der Waals surface area contributed by atoms with Crippen molar-refractivity contribution >= 4 is 22.8 Å². The molecule has 2 aromatic rings. The Hall–Kier alpha value is -2.94. The number of aromatic nitrogens is 2. The first-order valence-electron chi connectivity index (χ1n) is 14.8. The zero-order valence-electron chi connectivity index (χ0n) is 22.8. The van der Waals surface area contributed by atoms with Crippen LogP contribution in [0.3, 0.4) is 0 Å². The fraction of sp³-hybridized carbons (Fsp3) is 0.667. The van der Waals surface area contributed by atoms with Crippen LogP contribution in [-0.4, -0.2) is 57.7 Å². The number of ether oxygens (including phenoxy) is 1. The maximum Gasteiger partial charge on any atom is 0.332 e. The first kappa shape index (κ1) is 26.3. The molecule has 2 aliphatic carbocycles. The second kappa shape index (κ2) is 10.9. The molecule has 4 aliphatic rings. The Balaban J connectivity index is 1.30. The maximum absolute atomic E-state index is 13.9. The number of rotatable bonds is 6. The van der Waals surface area contributed by atoms with Crippen molar-refractivity contribution in [3.05, 3.63) is 45.1 Å². The molecule has 2 saturated carbocycles. The Morgan fingerprint density at radius 3 is 2.23 bits per heavy atom. The molecule has 39 heavy (non-hydrogen) atoms. The van der Waals surface area contributed by atoms with Gasteiger partial charge in [0.05, 0.1) is 18.0 Å². The van der Waals surface area contributed by atoms with Crippen molar-refractivity contribution in [1.82, 2.24) is 19.4 Å². The topological polar surface area (TPSA) is 103 Å². The van der Waals surface area contributed by atoms with Gasteiger partial charge in [-0.25, -0.2) is 4.79 Å². The van der Waals surface area contributed by atoms with Gasteiger partial charge in [0.1, 0.15) is 13.1 Å². The van der Waals surface area contributed by atoms with Crippen molar-refractivity contribution in [1.29, 1.82) is 0 Å². The van der Waals surface area contributed by atoms with Crippen molar-refractivity contribution in [2.24, 2.45) is 11.8 Å². The molecular weight excluding hydrogens is 496 g/mol. The van der Waals surface area contributed by atoms with Crippen molar-refractivity contribution < 1.29 is 14.3 Å². The molecule has 3 heterocycles. The highest BCUT2D eigenvalue weighted by Gasteiger charge is 2.45. The number of hydrogen-bond acceptors (Lipinski definition) is 6. The van der Waals surface area contributed by atoms with Crippen LogP contribution in [0.15, 0.2) is 33.9 Å². The molecule has 0 spiro atoms. The maximum atomic E-state index is 13.9. The van der Waals surface area contributed by atoms with Crippen molar-refractivity contribution in [2.45, 2.75) is 101 Å². The Bertz CT molecular complexity index is 1340. The molecule has 4 bridgehead atoms. The average molecular weight is 537 g/mol. The van der Waals surface area contributed by atoms with E-state index in [1.807, 2.05) is 0 Å². The lowest BCUT2D eigenvalue weighted by molar-refractivity contribution is -0.141. The molecule has 1 aromatic carbocycles. The van der Waals surface area contributed by atoms with Crippen LogP contribution in [0, 0.1) is 11.8 Å². The third kappa shape index (κ3) is 5.06. The average Bonchev–Trinajstić information content (AvgIpc) is 2.93. The molecule has 1 amide bonds. The van der Waals surface area contributed by atoms with E-state index >= 15 is 0 Å². The molecule has 9 heteroatoms. The molecule has 2 aliphatic heterocycles. The Kier molecular flexibility index (Phi) is 7.35. The summed E-state index contributed by atoms with van der Waals surface area (Å²) in [5.74, 6) is 0.681. The molecule has 0 radical (unpaired) electrons. The van der Waals surface area contributed by atoms with E-state index in [1.54, 1.807) is 24.3 Å². The Labute approximate surface area is 228 Å². The molecule has 210 valence electrons. The van der Waals surface area contributed by atoms with E-state index in [4.69, 9.17) is 0 Å². The van der Waals surface area contributed by atoms with Crippen molar-refractivity contribution in [3.63, 3.8) is 0 Å². The summed E-state index contributed by atoms with van der Waals surface area (Å²) in [5.41, 5.74) is -0.287. The summed E-state index contributed by atoms with van der Waals surface area (Å²) in [6.07, 6.45) is 13.2. The van der Waals surface area contributed by atoms with E-state index in [0.29, 0.717) is 29.0 Å². The molecule has 6 rings (SSSR count). The van der Waals surface area contributed by atoms with E-state index in [-0.39, 0.29) is 24.7 Å². The first-order valence-corrected chi connectivity index (χ1v) is 14.8. The fourth-order valence-electron chi connectivity index (χ4n) is 8.39. The van der Waals surface area contributed by atoms with Crippen LogP contribution < -0.4 is 16.6 Å². The van der Waals surface area contributed by atoms with Crippen LogP contribution in [-0.2, 0) is 20.9 Å². The molecular formula is C30H40N4O5. The Morgan fingerprint density at radius 2 is 1.54 bits per heavy atom. The zero-order chi connectivity index (χ0) is 27.1. The first-order chi connectivity index (χ1) is 18.9. The largest absolute Gasteiger partial charge is 0.468 e. The monoisotopic (exact) mass is 536 g/mol. The van der Waals surface area contributed by atoms with E-state index in [2.05, 4.69) is 15.0 Å². The highest BCUT2D eigenvalue weighted by molar-refractivity contribution is 5.84. The minimum atomic E-state index is -0.564. The van der Waals surface area contributed by atoms with Gasteiger partial charge in [0.25, 0.3) is 5.56 Å². The number of benzene rings is 1. The molecule has 6 atom stereocenters. The van der Waals surface area contributed by atoms with Gasteiger partial charge in [0.2, 0.25) is 5.91 Å². The summed E-state index contributed by atoms with van der Waals surface area (Å²) in [7, 11) is 1.25. The number of nitrogens with one attached hydrogen (secondary N) is 1. The van der Waals surface area contributed by atoms with Gasteiger partial charge >= 0.3 is 11.7 Å². The summed E-state index contributed by atoms with van der Waals surface area (Å²) in [6.45, 7) is -0.542. The number of carbonyl (C=O) groups excluding carboxylic acids is 2. The standard InChI is InChI=1S/C30H40N4O5/c1-39-28(36)17-31-27(35)18-32-26-11-3-2-10-25(26)29(37)34(30(32)38)24-15-21-8-5-9-22(16-24)33(21)23-13-19-6-4-7-20(12-19)14-23/h2-3,10-11,19-24H,4-9,12-18H2,1H3,(H,31,35)/t19-,20+,21-,22+,23+,24+. The van der Waals surface area contributed by atoms with Crippen LogP contribution in [0.2, 0.25) is 0 Å². The number of esters is 1. The minimum absolute atomic E-state index is 0.186. The van der Waals surface area contributed by atoms with Crippen LogP contribution >= 0.6 is 0 Å². The van der Waals surface area contributed by atoms with Crippen LogP contribution in [0.5, 0.6) is 0 Å². The van der Waals surface area contributed by atoms with E-state index in [0.717, 1.165) is 37.5 Å². The highest BCUT2D eigenvalue weighted by Crippen LogP contribution is 2.47. The third-order valence-corrected chi connectivity index (χ3v) is 9.94. The fourth-order valence-corrected chi connectivity index (χ4v) is 8.39. The van der Waals surface area contributed by atoms with Crippen LogP contribution in [0.4, 0.5) is 0 Å². The normalized spacial score (nSPS) is 30.6. The summed E-state index contributed by atoms with van der Waals surface area (Å²) >= 11 is 0. The summed E-state index contributed by atoms with van der Waals surface area (Å²) in [5, 5.41) is 2.95. The van der Waals surface area contributed by atoms with Gasteiger partial charge in [-0.2, -0.15) is 0 Å². The zero-order valence-corrected chi connectivity index (χ0v) is 22.8. The van der Waals surface area contributed by atoms with Crippen molar-refractivity contribution in [3.8, 4) is 0 Å². The number of fused-ring (bicyclic) bond motifs is 5. The summed E-state index contributed by atoms with van der Waals surface area (Å²) in [6, 6.07) is 8.21. The number of hydrogen-bond donors (Lipinski definition) is 1. The SMILES string of the molecule is COC(=O)CNC(=O)Cn1c(=O)n([C@H]2C[C@H]3CCC[C@@H](C2)N3[C@H]2C[C@@H]3CCC[C@@H](C3)C2)c(=O)c2ccccc21. The van der Waals surface area contributed by atoms with Gasteiger partial charge in [-0.1, -0.05) is 37.8 Å². The predicted octanol–water partition coefficient (Wildman–Crippen LogP) is 2.98. The van der Waals surface area contributed by atoms with Gasteiger partial charge in [0.15, 0.2) is 0 Å². The second-order valence-corrected chi connectivity index (χ2v) is 12.2. The van der Waals surface area contributed by atoms with E-state index < -0.39 is 17.6 Å². The lowest BCUT2D eigenvalue weighted by Gasteiger charge is -2.55. The lowest BCUT2D eigenvalue weighted by Crippen LogP contribution is -2.59. The van der Waals surface area contributed by atoms with Gasteiger partial charge in [0, 0.05) is 24.2 Å². The van der Waals surface area contributed by atoms with Crippen LogP contribution in [0.25, 0.3) is 10.9 Å². The quantitative estimate of drug-likeness (QED) is 0.570. The van der Waals surface area contributed by atoms with Crippen molar-refractivity contribution in [2.75, 3.05) is 13.7 Å². The molecule has 2 saturated heterocycles. The number of piperidine rings is 2. The van der Waals surface area contributed by atoms with Crippen LogP contribution in [0.1, 0.15) is 76.7 Å². The van der Waals surface area contributed by atoms with Gasteiger partial charge in [-0.15, -0.1) is 0 Å². The van der Waals surface area contributed by atoms with Gasteiger partial charge < -0.3 is 10.1 Å². The molecule has 1 N–H and O–H groups in total. The van der Waals surface area contributed by atoms with Gasteiger partial charge in [-0.3, -0.25) is 28.4 Å². The molecule has 4 fully saturated rings. The second-order valence-electron chi connectivity index (χ2n) is 12.2. The molecule has 1 aromatic heterocycles. The lowest BCUT2D eigenvalue weighted by atomic mass is 9.68. The number of carbonyl (C=O) groups is 2. The predicted molar refractivity (Wildman–Crippen MR) is 148 cm³/mol. The minimum Gasteiger partial charge on any atom is -0.468 e. The van der Waals surface area contributed by atoms with E-state index in [9.17, 15) is 19.2 Å². The number of para-hydroxylation sites is 1. The molecule has 0 unspecified atom stereocenters. The third-order valence-electron chi connectivity index (χ3n) is 9.94. The van der Waals surface area contributed by atoms with Gasteiger partial charge in [-0.05, 0) is 68.9 Å². The smallest absolute Gasteiger partial charge is 0.332 e. The number of amides is 1. The van der Waals surface area contributed by atoms with E-state index in [1.165, 1.54) is 61.2 Å². The summed E-state index contributed by atoms with van der Waals surface area (Å²) in [4.78, 5) is 54.7. The number of nitrogens with zero attached hydrogens (tertiary/aromatic N) is 3. The highest BCUT2D eigenvalue weighted by atomic mass is 16.5.